The first-order valence-electron chi connectivity index (χ1n) is 11.4. The zero-order valence-corrected chi connectivity index (χ0v) is 18.2. The molecule has 3 N–H and O–H groups in total. The zero-order valence-electron chi connectivity index (χ0n) is 18.2. The zero-order chi connectivity index (χ0) is 22.6. The standard InChI is InChI=1S/C23H30N4O5/c28-19(14-27-21(30)23(26-22(27)31)11-2-1-3-12-23)24-13-10-16-4-8-18(9-5-16)32-15-20(29)25-17-6-7-17/h4-5,8-9,17H,1-3,6-7,10-15H2,(H,24,28)(H,25,29)(H,26,31). The van der Waals surface area contributed by atoms with Gasteiger partial charge in [0.2, 0.25) is 5.91 Å². The molecule has 0 bridgehead atoms. The first-order valence-corrected chi connectivity index (χ1v) is 11.4. The molecule has 1 aliphatic heterocycles. The molecule has 1 saturated heterocycles. The van der Waals surface area contributed by atoms with Crippen molar-refractivity contribution in [2.24, 2.45) is 0 Å². The van der Waals surface area contributed by atoms with Crippen molar-refractivity contribution < 1.29 is 23.9 Å². The van der Waals surface area contributed by atoms with Gasteiger partial charge in [0.05, 0.1) is 0 Å². The molecular weight excluding hydrogens is 412 g/mol. The Morgan fingerprint density at radius 3 is 2.47 bits per heavy atom. The molecule has 1 aromatic carbocycles. The highest BCUT2D eigenvalue weighted by Crippen LogP contribution is 2.33. The summed E-state index contributed by atoms with van der Waals surface area (Å²) in [6, 6.07) is 7.18. The number of ether oxygens (including phenoxy) is 1. The molecule has 1 heterocycles. The predicted octanol–water partition coefficient (Wildman–Crippen LogP) is 1.26. The summed E-state index contributed by atoms with van der Waals surface area (Å²) < 4.78 is 5.48. The van der Waals surface area contributed by atoms with E-state index in [-0.39, 0.29) is 30.9 Å². The molecule has 9 nitrogen and oxygen atoms in total. The first kappa shape index (κ1) is 22.1. The van der Waals surface area contributed by atoms with Gasteiger partial charge in [-0.1, -0.05) is 31.4 Å². The number of hydrogen-bond acceptors (Lipinski definition) is 5. The second kappa shape index (κ2) is 9.58. The van der Waals surface area contributed by atoms with Crippen LogP contribution in [0.25, 0.3) is 0 Å². The third kappa shape index (κ3) is 5.38. The molecule has 0 unspecified atom stereocenters. The topological polar surface area (TPSA) is 117 Å². The predicted molar refractivity (Wildman–Crippen MR) is 116 cm³/mol. The number of carbonyl (C=O) groups is 4. The van der Waals surface area contributed by atoms with Crippen LogP contribution in [0, 0.1) is 0 Å². The minimum Gasteiger partial charge on any atom is -0.484 e. The second-order valence-electron chi connectivity index (χ2n) is 8.84. The van der Waals surface area contributed by atoms with E-state index >= 15 is 0 Å². The quantitative estimate of drug-likeness (QED) is 0.498. The Balaban J connectivity index is 1.17. The summed E-state index contributed by atoms with van der Waals surface area (Å²) in [6.07, 6.45) is 6.83. The molecule has 5 amide bonds. The molecule has 0 atom stereocenters. The van der Waals surface area contributed by atoms with E-state index in [2.05, 4.69) is 16.0 Å². The van der Waals surface area contributed by atoms with Crippen molar-refractivity contribution >= 4 is 23.8 Å². The molecular formula is C23H30N4O5. The van der Waals surface area contributed by atoms with Gasteiger partial charge in [-0.05, 0) is 49.8 Å². The molecule has 2 saturated carbocycles. The Hall–Kier alpha value is -3.10. The fourth-order valence-electron chi connectivity index (χ4n) is 4.26. The first-order chi connectivity index (χ1) is 15.4. The third-order valence-corrected chi connectivity index (χ3v) is 6.23. The number of rotatable bonds is 9. The molecule has 3 aliphatic rings. The van der Waals surface area contributed by atoms with E-state index in [1.165, 1.54) is 0 Å². The van der Waals surface area contributed by atoms with E-state index in [1.807, 2.05) is 12.1 Å². The number of urea groups is 1. The minimum atomic E-state index is -0.808. The summed E-state index contributed by atoms with van der Waals surface area (Å²) in [7, 11) is 0. The Morgan fingerprint density at radius 2 is 1.78 bits per heavy atom. The van der Waals surface area contributed by atoms with E-state index in [4.69, 9.17) is 4.74 Å². The maximum atomic E-state index is 12.7. The van der Waals surface area contributed by atoms with Gasteiger partial charge in [-0.3, -0.25) is 19.3 Å². The smallest absolute Gasteiger partial charge is 0.325 e. The van der Waals surface area contributed by atoms with Crippen LogP contribution in [0.1, 0.15) is 50.5 Å². The van der Waals surface area contributed by atoms with E-state index < -0.39 is 11.6 Å². The molecule has 1 spiro atoms. The summed E-state index contributed by atoms with van der Waals surface area (Å²) in [6.45, 7) is 0.121. The summed E-state index contributed by atoms with van der Waals surface area (Å²) in [5, 5.41) is 8.45. The van der Waals surface area contributed by atoms with E-state index in [0.717, 1.165) is 42.6 Å². The highest BCUT2D eigenvalue weighted by molar-refractivity contribution is 6.09. The number of nitrogens with one attached hydrogen (secondary N) is 3. The van der Waals surface area contributed by atoms with Crippen LogP contribution >= 0.6 is 0 Å². The van der Waals surface area contributed by atoms with Crippen molar-refractivity contribution in [1.82, 2.24) is 20.9 Å². The maximum absolute atomic E-state index is 12.7. The molecule has 2 aliphatic carbocycles. The van der Waals surface area contributed by atoms with Gasteiger partial charge in [0.25, 0.3) is 11.8 Å². The number of nitrogens with zero attached hydrogens (tertiary/aromatic N) is 1. The number of amides is 5. The van der Waals surface area contributed by atoms with Gasteiger partial charge in [-0.25, -0.2) is 4.79 Å². The van der Waals surface area contributed by atoms with Gasteiger partial charge in [0.1, 0.15) is 17.8 Å². The lowest BCUT2D eigenvalue weighted by molar-refractivity contribution is -0.135. The molecule has 9 heteroatoms. The van der Waals surface area contributed by atoms with Crippen molar-refractivity contribution in [2.45, 2.75) is 62.9 Å². The van der Waals surface area contributed by atoms with Gasteiger partial charge < -0.3 is 20.7 Å². The van der Waals surface area contributed by atoms with Gasteiger partial charge >= 0.3 is 6.03 Å². The third-order valence-electron chi connectivity index (χ3n) is 6.23. The van der Waals surface area contributed by atoms with Crippen LogP contribution in [-0.2, 0) is 20.8 Å². The lowest BCUT2D eigenvalue weighted by atomic mass is 9.82. The highest BCUT2D eigenvalue weighted by Gasteiger charge is 2.51. The Bertz CT molecular complexity index is 875. The largest absolute Gasteiger partial charge is 0.484 e. The SMILES string of the molecule is O=C(CN1C(=O)NC2(CCCCC2)C1=O)NCCc1ccc(OCC(=O)NC2CC2)cc1. The van der Waals surface area contributed by atoms with E-state index in [0.29, 0.717) is 37.6 Å². The average molecular weight is 443 g/mol. The normalized spacial score (nSPS) is 19.6. The summed E-state index contributed by atoms with van der Waals surface area (Å²) in [5.41, 5.74) is 0.189. The van der Waals surface area contributed by atoms with E-state index in [9.17, 15) is 19.2 Å². The molecule has 0 radical (unpaired) electrons. The van der Waals surface area contributed by atoms with Crippen molar-refractivity contribution in [3.63, 3.8) is 0 Å². The Kier molecular flexibility index (Phi) is 6.62. The highest BCUT2D eigenvalue weighted by atomic mass is 16.5. The Morgan fingerprint density at radius 1 is 1.06 bits per heavy atom. The monoisotopic (exact) mass is 442 g/mol. The molecule has 3 fully saturated rings. The molecule has 1 aromatic rings. The van der Waals surface area contributed by atoms with Crippen LogP contribution < -0.4 is 20.7 Å². The Labute approximate surface area is 187 Å². The van der Waals surface area contributed by atoms with Crippen molar-refractivity contribution in [2.75, 3.05) is 19.7 Å². The van der Waals surface area contributed by atoms with Gasteiger partial charge in [0.15, 0.2) is 6.61 Å². The lowest BCUT2D eigenvalue weighted by Gasteiger charge is -2.30. The average Bonchev–Trinajstić information content (AvgIpc) is 3.57. The van der Waals surface area contributed by atoms with Crippen molar-refractivity contribution in [3.05, 3.63) is 29.8 Å². The number of hydrogen-bond donors (Lipinski definition) is 3. The van der Waals surface area contributed by atoms with Crippen LogP contribution in [0.3, 0.4) is 0 Å². The lowest BCUT2D eigenvalue weighted by Crippen LogP contribution is -2.49. The van der Waals surface area contributed by atoms with Crippen molar-refractivity contribution in [3.8, 4) is 5.75 Å². The summed E-state index contributed by atoms with van der Waals surface area (Å²) >= 11 is 0. The molecule has 172 valence electrons. The number of imide groups is 1. The number of benzene rings is 1. The minimum absolute atomic E-state index is 0.00398. The van der Waals surface area contributed by atoms with Gasteiger partial charge in [0, 0.05) is 12.6 Å². The second-order valence-corrected chi connectivity index (χ2v) is 8.84. The maximum Gasteiger partial charge on any atom is 0.325 e. The van der Waals surface area contributed by atoms with Crippen LogP contribution in [0.15, 0.2) is 24.3 Å². The fourth-order valence-corrected chi connectivity index (χ4v) is 4.26. The van der Waals surface area contributed by atoms with E-state index in [1.54, 1.807) is 12.1 Å². The van der Waals surface area contributed by atoms with Crippen LogP contribution in [0.5, 0.6) is 5.75 Å². The van der Waals surface area contributed by atoms with Crippen LogP contribution in [0.2, 0.25) is 0 Å². The molecule has 0 aromatic heterocycles. The molecule has 4 rings (SSSR count). The number of carbonyl (C=O) groups excluding carboxylic acids is 4. The van der Waals surface area contributed by atoms with Crippen molar-refractivity contribution in [1.29, 1.82) is 0 Å². The van der Waals surface area contributed by atoms with Crippen LogP contribution in [0.4, 0.5) is 4.79 Å². The summed E-state index contributed by atoms with van der Waals surface area (Å²) in [4.78, 5) is 50.0. The fraction of sp³-hybridized carbons (Fsp3) is 0.565. The van der Waals surface area contributed by atoms with Crippen LogP contribution in [-0.4, -0.2) is 59.9 Å². The van der Waals surface area contributed by atoms with Gasteiger partial charge in [-0.2, -0.15) is 0 Å². The summed E-state index contributed by atoms with van der Waals surface area (Å²) in [5.74, 6) is -0.139. The molecule has 32 heavy (non-hydrogen) atoms. The van der Waals surface area contributed by atoms with Gasteiger partial charge in [-0.15, -0.1) is 0 Å².